The van der Waals surface area contributed by atoms with Crippen molar-refractivity contribution in [2.75, 3.05) is 5.73 Å². The second kappa shape index (κ2) is 5.51. The Balaban J connectivity index is 1.88. The average Bonchev–Trinajstić information content (AvgIpc) is 2.70. The Hall–Kier alpha value is -2.37. The van der Waals surface area contributed by atoms with Crippen LogP contribution in [0.3, 0.4) is 0 Å². The Labute approximate surface area is 111 Å². The minimum absolute atomic E-state index is 0.130. The first kappa shape index (κ1) is 13.1. The van der Waals surface area contributed by atoms with Crippen LogP contribution in [-0.4, -0.2) is 20.7 Å². The van der Waals surface area contributed by atoms with E-state index >= 15 is 0 Å². The van der Waals surface area contributed by atoms with E-state index in [4.69, 9.17) is 10.5 Å². The highest BCUT2D eigenvalue weighted by atomic mass is 16.5. The van der Waals surface area contributed by atoms with Crippen molar-refractivity contribution in [3.63, 3.8) is 0 Å². The second-order valence-electron chi connectivity index (χ2n) is 4.30. The Morgan fingerprint density at radius 2 is 2.00 bits per heavy atom. The van der Waals surface area contributed by atoms with E-state index in [1.54, 1.807) is 16.7 Å². The number of nitrogen functional groups attached to an aromatic ring is 1. The molecule has 1 aromatic carbocycles. The smallest absolute Gasteiger partial charge is 0.310 e. The molecule has 2 N–H and O–H groups in total. The molecule has 0 aliphatic carbocycles. The third-order valence-electron chi connectivity index (χ3n) is 2.87. The Bertz CT molecular complexity index is 575. The summed E-state index contributed by atoms with van der Waals surface area (Å²) in [5, 5.41) is 7.82. The van der Waals surface area contributed by atoms with Gasteiger partial charge in [0.2, 0.25) is 0 Å². The van der Waals surface area contributed by atoms with Crippen LogP contribution in [0.2, 0.25) is 0 Å². The number of anilines is 1. The molecule has 2 aromatic rings. The van der Waals surface area contributed by atoms with E-state index in [2.05, 4.69) is 10.2 Å². The van der Waals surface area contributed by atoms with Crippen molar-refractivity contribution in [2.24, 2.45) is 7.05 Å². The molecule has 0 unspecified atom stereocenters. The Kier molecular flexibility index (Phi) is 3.79. The van der Waals surface area contributed by atoms with Gasteiger partial charge in [0.1, 0.15) is 5.82 Å². The van der Waals surface area contributed by atoms with Crippen LogP contribution >= 0.6 is 0 Å². The highest BCUT2D eigenvalue weighted by Gasteiger charge is 2.09. The Morgan fingerprint density at radius 3 is 2.58 bits per heavy atom. The fourth-order valence-electron chi connectivity index (χ4n) is 1.57. The van der Waals surface area contributed by atoms with Gasteiger partial charge in [0.25, 0.3) is 0 Å². The Morgan fingerprint density at radius 1 is 1.32 bits per heavy atom. The zero-order valence-corrected chi connectivity index (χ0v) is 11.0. The molecule has 0 saturated carbocycles. The summed E-state index contributed by atoms with van der Waals surface area (Å²) in [6, 6.07) is 7.13. The number of hydrogen-bond acceptors (Lipinski definition) is 5. The van der Waals surface area contributed by atoms with Gasteiger partial charge in [0, 0.05) is 12.7 Å². The fourth-order valence-corrected chi connectivity index (χ4v) is 1.57. The topological polar surface area (TPSA) is 83.0 Å². The minimum atomic E-state index is -0.301. The molecule has 0 atom stereocenters. The standard InChI is InChI=1S/C13H16N4O2/c1-9-15-16-12(17(9)2)8-19-13(18)7-10-3-5-11(14)6-4-10/h3-6H,7-8,14H2,1-2H3. The number of esters is 1. The first-order chi connectivity index (χ1) is 9.06. The SMILES string of the molecule is Cc1nnc(COC(=O)Cc2ccc(N)cc2)n1C. The molecule has 0 saturated heterocycles. The van der Waals surface area contributed by atoms with Crippen LogP contribution in [0.25, 0.3) is 0 Å². The molecule has 100 valence electrons. The molecule has 1 heterocycles. The number of carbonyl (C=O) groups is 1. The van der Waals surface area contributed by atoms with Crippen LogP contribution in [0.5, 0.6) is 0 Å². The molecular weight excluding hydrogens is 244 g/mol. The highest BCUT2D eigenvalue weighted by molar-refractivity contribution is 5.72. The number of ether oxygens (including phenoxy) is 1. The van der Waals surface area contributed by atoms with Crippen molar-refractivity contribution in [1.82, 2.24) is 14.8 Å². The number of nitrogens with zero attached hydrogens (tertiary/aromatic N) is 3. The van der Waals surface area contributed by atoms with Crippen LogP contribution < -0.4 is 5.73 Å². The molecule has 0 fully saturated rings. The van der Waals surface area contributed by atoms with Crippen LogP contribution in [0.4, 0.5) is 5.69 Å². The quantitative estimate of drug-likeness (QED) is 0.654. The maximum atomic E-state index is 11.7. The molecule has 0 amide bonds. The van der Waals surface area contributed by atoms with Crippen molar-refractivity contribution in [2.45, 2.75) is 20.0 Å². The van der Waals surface area contributed by atoms with Gasteiger partial charge in [-0.3, -0.25) is 4.79 Å². The summed E-state index contributed by atoms with van der Waals surface area (Å²) in [6.45, 7) is 1.97. The summed E-state index contributed by atoms with van der Waals surface area (Å²) >= 11 is 0. The molecule has 0 bridgehead atoms. The van der Waals surface area contributed by atoms with Gasteiger partial charge in [-0.1, -0.05) is 12.1 Å². The van der Waals surface area contributed by atoms with Crippen molar-refractivity contribution >= 4 is 11.7 Å². The lowest BCUT2D eigenvalue weighted by atomic mass is 10.1. The third kappa shape index (κ3) is 3.31. The van der Waals surface area contributed by atoms with Gasteiger partial charge in [-0.2, -0.15) is 0 Å². The van der Waals surface area contributed by atoms with Crippen LogP contribution in [0.15, 0.2) is 24.3 Å². The first-order valence-corrected chi connectivity index (χ1v) is 5.91. The molecular formula is C13H16N4O2. The van der Waals surface area contributed by atoms with Gasteiger partial charge in [-0.15, -0.1) is 10.2 Å². The first-order valence-electron chi connectivity index (χ1n) is 5.91. The largest absolute Gasteiger partial charge is 0.457 e. The zero-order chi connectivity index (χ0) is 13.8. The van der Waals surface area contributed by atoms with Gasteiger partial charge in [-0.25, -0.2) is 0 Å². The number of benzene rings is 1. The molecule has 0 spiro atoms. The van der Waals surface area contributed by atoms with Gasteiger partial charge >= 0.3 is 5.97 Å². The van der Waals surface area contributed by atoms with Crippen molar-refractivity contribution in [3.05, 3.63) is 41.5 Å². The van der Waals surface area contributed by atoms with Gasteiger partial charge in [0.15, 0.2) is 12.4 Å². The van der Waals surface area contributed by atoms with Crippen molar-refractivity contribution in [3.8, 4) is 0 Å². The van der Waals surface area contributed by atoms with Gasteiger partial charge < -0.3 is 15.0 Å². The van der Waals surface area contributed by atoms with E-state index in [1.165, 1.54) is 0 Å². The summed E-state index contributed by atoms with van der Waals surface area (Å²) in [5.41, 5.74) is 7.12. The number of hydrogen-bond donors (Lipinski definition) is 1. The number of carbonyl (C=O) groups excluding carboxylic acids is 1. The molecule has 2 rings (SSSR count). The summed E-state index contributed by atoms with van der Waals surface area (Å²) in [7, 11) is 1.83. The molecule has 0 aliphatic heterocycles. The molecule has 1 aromatic heterocycles. The minimum Gasteiger partial charge on any atom is -0.457 e. The van der Waals surface area contributed by atoms with E-state index in [9.17, 15) is 4.79 Å². The molecule has 6 nitrogen and oxygen atoms in total. The molecule has 0 aliphatic rings. The monoisotopic (exact) mass is 260 g/mol. The molecule has 0 radical (unpaired) electrons. The number of nitrogens with two attached hydrogens (primary N) is 1. The van der Waals surface area contributed by atoms with Crippen molar-refractivity contribution < 1.29 is 9.53 Å². The number of aryl methyl sites for hydroxylation is 1. The van der Waals surface area contributed by atoms with Crippen LogP contribution in [-0.2, 0) is 29.6 Å². The summed E-state index contributed by atoms with van der Waals surface area (Å²) in [6.07, 6.45) is 0.219. The summed E-state index contributed by atoms with van der Waals surface area (Å²) in [5.74, 6) is 1.11. The maximum Gasteiger partial charge on any atom is 0.310 e. The number of rotatable bonds is 4. The highest BCUT2D eigenvalue weighted by Crippen LogP contribution is 2.07. The lowest BCUT2D eigenvalue weighted by Crippen LogP contribution is -2.10. The van der Waals surface area contributed by atoms with Gasteiger partial charge in [0.05, 0.1) is 6.42 Å². The van der Waals surface area contributed by atoms with Crippen LogP contribution in [0.1, 0.15) is 17.2 Å². The van der Waals surface area contributed by atoms with E-state index < -0.39 is 0 Å². The van der Waals surface area contributed by atoms with Gasteiger partial charge in [-0.05, 0) is 24.6 Å². The summed E-state index contributed by atoms with van der Waals surface area (Å²) in [4.78, 5) is 11.7. The lowest BCUT2D eigenvalue weighted by Gasteiger charge is -2.05. The predicted molar refractivity (Wildman–Crippen MR) is 70.1 cm³/mol. The summed E-state index contributed by atoms with van der Waals surface area (Å²) < 4.78 is 6.95. The molecule has 19 heavy (non-hydrogen) atoms. The van der Waals surface area contributed by atoms with E-state index in [-0.39, 0.29) is 19.0 Å². The molecule has 6 heteroatoms. The van der Waals surface area contributed by atoms with Crippen molar-refractivity contribution in [1.29, 1.82) is 0 Å². The fraction of sp³-hybridized carbons (Fsp3) is 0.308. The van der Waals surface area contributed by atoms with Crippen LogP contribution in [0, 0.1) is 6.92 Å². The second-order valence-corrected chi connectivity index (χ2v) is 4.30. The van der Waals surface area contributed by atoms with E-state index in [1.807, 2.05) is 26.1 Å². The van der Waals surface area contributed by atoms with E-state index in [0.29, 0.717) is 11.5 Å². The van der Waals surface area contributed by atoms with E-state index in [0.717, 1.165) is 11.4 Å². The maximum absolute atomic E-state index is 11.7. The lowest BCUT2D eigenvalue weighted by molar-refractivity contribution is -0.144. The normalized spacial score (nSPS) is 10.4. The average molecular weight is 260 g/mol. The third-order valence-corrected chi connectivity index (χ3v) is 2.87. The predicted octanol–water partition coefficient (Wildman–Crippen LogP) is 0.992. The number of aromatic nitrogens is 3. The zero-order valence-electron chi connectivity index (χ0n) is 11.0.